The Kier molecular flexibility index (Phi) is 4.58. The number of halogens is 1. The van der Waals surface area contributed by atoms with Crippen molar-refractivity contribution in [2.75, 3.05) is 7.11 Å². The van der Waals surface area contributed by atoms with Gasteiger partial charge >= 0.3 is 0 Å². The molecule has 1 fully saturated rings. The summed E-state index contributed by atoms with van der Waals surface area (Å²) in [5.41, 5.74) is 0.838. The minimum atomic E-state index is 0.205. The number of methoxy groups -OCH3 is 1. The third-order valence-electron chi connectivity index (χ3n) is 4.07. The van der Waals surface area contributed by atoms with Crippen LogP contribution in [0, 0.1) is 0 Å². The third-order valence-corrected chi connectivity index (χ3v) is 4.29. The van der Waals surface area contributed by atoms with E-state index in [2.05, 4.69) is 18.7 Å². The Hall–Kier alpha value is -0.930. The molecule has 1 aliphatic heterocycles. The van der Waals surface area contributed by atoms with Crippen molar-refractivity contribution in [3.8, 4) is 11.5 Å². The van der Waals surface area contributed by atoms with E-state index >= 15 is 0 Å². The van der Waals surface area contributed by atoms with Gasteiger partial charge in [-0.3, -0.25) is 4.90 Å². The number of nitrogens with zero attached hydrogens (tertiary/aromatic N) is 1. The summed E-state index contributed by atoms with van der Waals surface area (Å²) >= 11 is 6.08. The molecule has 2 atom stereocenters. The first-order valence-electron chi connectivity index (χ1n) is 6.84. The summed E-state index contributed by atoms with van der Waals surface area (Å²) in [6.07, 6.45) is 3.70. The Bertz CT molecular complexity index is 440. The zero-order valence-electron chi connectivity index (χ0n) is 11.8. The summed E-state index contributed by atoms with van der Waals surface area (Å²) in [5.74, 6) is 0.650. The number of likely N-dealkylation sites (tertiary alicyclic amines) is 1. The minimum absolute atomic E-state index is 0.205. The molecule has 1 heterocycles. The molecule has 4 heteroatoms. The Morgan fingerprint density at radius 1 is 1.32 bits per heavy atom. The molecule has 19 heavy (non-hydrogen) atoms. The topological polar surface area (TPSA) is 32.7 Å². The van der Waals surface area contributed by atoms with Crippen LogP contribution in [-0.4, -0.2) is 29.2 Å². The molecule has 0 bridgehead atoms. The summed E-state index contributed by atoms with van der Waals surface area (Å²) in [6, 6.07) is 4.54. The average Bonchev–Trinajstić information content (AvgIpc) is 2.37. The van der Waals surface area contributed by atoms with Gasteiger partial charge in [-0.2, -0.15) is 0 Å². The van der Waals surface area contributed by atoms with Crippen LogP contribution >= 0.6 is 11.6 Å². The van der Waals surface area contributed by atoms with Crippen molar-refractivity contribution < 1.29 is 9.84 Å². The average molecular weight is 284 g/mol. The van der Waals surface area contributed by atoms with Crippen molar-refractivity contribution in [2.45, 2.75) is 51.7 Å². The molecule has 1 saturated heterocycles. The number of benzene rings is 1. The second-order valence-corrected chi connectivity index (χ2v) is 5.85. The van der Waals surface area contributed by atoms with E-state index in [1.807, 2.05) is 6.07 Å². The molecule has 0 radical (unpaired) electrons. The first-order chi connectivity index (χ1) is 9.02. The predicted octanol–water partition coefficient (Wildman–Crippen LogP) is 3.82. The van der Waals surface area contributed by atoms with Gasteiger partial charge in [0, 0.05) is 35.3 Å². The van der Waals surface area contributed by atoms with Crippen LogP contribution in [0.15, 0.2) is 12.1 Å². The maximum absolute atomic E-state index is 10.2. The van der Waals surface area contributed by atoms with Gasteiger partial charge in [0.1, 0.15) is 0 Å². The van der Waals surface area contributed by atoms with Crippen LogP contribution in [0.2, 0.25) is 5.02 Å². The summed E-state index contributed by atoms with van der Waals surface area (Å²) in [5, 5.41) is 10.8. The van der Waals surface area contributed by atoms with Crippen LogP contribution < -0.4 is 4.74 Å². The van der Waals surface area contributed by atoms with Crippen LogP contribution in [0.25, 0.3) is 0 Å². The third kappa shape index (κ3) is 3.15. The fourth-order valence-corrected chi connectivity index (χ4v) is 3.12. The lowest BCUT2D eigenvalue weighted by Gasteiger charge is -2.39. The van der Waals surface area contributed by atoms with Crippen molar-refractivity contribution in [2.24, 2.45) is 0 Å². The van der Waals surface area contributed by atoms with Gasteiger partial charge in [0.15, 0.2) is 11.5 Å². The van der Waals surface area contributed by atoms with E-state index in [9.17, 15) is 5.11 Å². The molecule has 2 unspecified atom stereocenters. The SMILES string of the molecule is COc1cc(Cl)cc(CN2C(C)CCCC2C)c1O. The molecular formula is C15H22ClNO2. The van der Waals surface area contributed by atoms with Crippen LogP contribution in [0.3, 0.4) is 0 Å². The number of hydrogen-bond acceptors (Lipinski definition) is 3. The first kappa shape index (κ1) is 14.5. The molecule has 3 nitrogen and oxygen atoms in total. The molecule has 0 aromatic heterocycles. The first-order valence-corrected chi connectivity index (χ1v) is 7.22. The van der Waals surface area contributed by atoms with Gasteiger partial charge in [-0.15, -0.1) is 0 Å². The Balaban J connectivity index is 2.24. The van der Waals surface area contributed by atoms with E-state index in [1.165, 1.54) is 19.3 Å². The van der Waals surface area contributed by atoms with Crippen LogP contribution in [-0.2, 0) is 6.54 Å². The largest absolute Gasteiger partial charge is 0.504 e. The highest BCUT2D eigenvalue weighted by Gasteiger charge is 2.26. The quantitative estimate of drug-likeness (QED) is 0.915. The molecule has 106 valence electrons. The number of ether oxygens (including phenoxy) is 1. The number of phenols is 1. The van der Waals surface area contributed by atoms with Gasteiger partial charge in [0.25, 0.3) is 0 Å². The van der Waals surface area contributed by atoms with E-state index in [0.717, 1.165) is 5.56 Å². The number of rotatable bonds is 3. The standard InChI is InChI=1S/C15H22ClNO2/c1-10-5-4-6-11(2)17(10)9-12-7-13(16)8-14(19-3)15(12)18/h7-8,10-11,18H,4-6,9H2,1-3H3. The van der Waals surface area contributed by atoms with E-state index in [-0.39, 0.29) is 5.75 Å². The van der Waals surface area contributed by atoms with Crippen LogP contribution in [0.5, 0.6) is 11.5 Å². The maximum Gasteiger partial charge on any atom is 0.162 e. The van der Waals surface area contributed by atoms with Crippen molar-refractivity contribution in [3.05, 3.63) is 22.7 Å². The fraction of sp³-hybridized carbons (Fsp3) is 0.600. The predicted molar refractivity (Wildman–Crippen MR) is 78.0 cm³/mol. The van der Waals surface area contributed by atoms with Gasteiger partial charge in [-0.25, -0.2) is 0 Å². The number of piperidine rings is 1. The second-order valence-electron chi connectivity index (χ2n) is 5.42. The number of hydrogen-bond donors (Lipinski definition) is 1. The summed E-state index contributed by atoms with van der Waals surface area (Å²) < 4.78 is 5.16. The van der Waals surface area contributed by atoms with Crippen molar-refractivity contribution >= 4 is 11.6 Å². The van der Waals surface area contributed by atoms with Crippen molar-refractivity contribution in [3.63, 3.8) is 0 Å². The molecule has 0 amide bonds. The lowest BCUT2D eigenvalue weighted by atomic mass is 9.96. The molecule has 0 saturated carbocycles. The highest BCUT2D eigenvalue weighted by atomic mass is 35.5. The summed E-state index contributed by atoms with van der Waals surface area (Å²) in [7, 11) is 1.54. The van der Waals surface area contributed by atoms with Gasteiger partial charge in [0.2, 0.25) is 0 Å². The molecule has 1 aromatic rings. The van der Waals surface area contributed by atoms with E-state index in [4.69, 9.17) is 16.3 Å². The number of aromatic hydroxyl groups is 1. The lowest BCUT2D eigenvalue weighted by Crippen LogP contribution is -2.42. The molecule has 2 rings (SSSR count). The molecule has 0 spiro atoms. The smallest absolute Gasteiger partial charge is 0.162 e. The van der Waals surface area contributed by atoms with Gasteiger partial charge < -0.3 is 9.84 Å². The maximum atomic E-state index is 10.2. The number of phenolic OH excluding ortho intramolecular Hbond substituents is 1. The molecular weight excluding hydrogens is 262 g/mol. The Morgan fingerprint density at radius 2 is 1.95 bits per heavy atom. The lowest BCUT2D eigenvalue weighted by molar-refractivity contribution is 0.0942. The Morgan fingerprint density at radius 3 is 2.53 bits per heavy atom. The zero-order valence-corrected chi connectivity index (χ0v) is 12.6. The fourth-order valence-electron chi connectivity index (χ4n) is 2.89. The van der Waals surface area contributed by atoms with Crippen molar-refractivity contribution in [1.29, 1.82) is 0 Å². The van der Waals surface area contributed by atoms with E-state index in [0.29, 0.717) is 29.4 Å². The van der Waals surface area contributed by atoms with Crippen LogP contribution in [0.4, 0.5) is 0 Å². The minimum Gasteiger partial charge on any atom is -0.504 e. The molecule has 1 aliphatic rings. The van der Waals surface area contributed by atoms with Gasteiger partial charge in [-0.1, -0.05) is 18.0 Å². The normalized spacial score (nSPS) is 24.4. The van der Waals surface area contributed by atoms with Crippen LogP contribution in [0.1, 0.15) is 38.7 Å². The van der Waals surface area contributed by atoms with E-state index < -0.39 is 0 Å². The zero-order chi connectivity index (χ0) is 14.0. The monoisotopic (exact) mass is 283 g/mol. The second kappa shape index (κ2) is 6.02. The molecule has 1 N–H and O–H groups in total. The summed E-state index contributed by atoms with van der Waals surface area (Å²) in [6.45, 7) is 5.20. The highest BCUT2D eigenvalue weighted by molar-refractivity contribution is 6.30. The van der Waals surface area contributed by atoms with Crippen molar-refractivity contribution in [1.82, 2.24) is 4.90 Å². The molecule has 1 aromatic carbocycles. The summed E-state index contributed by atoms with van der Waals surface area (Å²) in [4.78, 5) is 2.42. The highest BCUT2D eigenvalue weighted by Crippen LogP contribution is 2.35. The van der Waals surface area contributed by atoms with Gasteiger partial charge in [-0.05, 0) is 32.8 Å². The Labute approximate surface area is 120 Å². The molecule has 0 aliphatic carbocycles. The van der Waals surface area contributed by atoms with E-state index in [1.54, 1.807) is 13.2 Å². The van der Waals surface area contributed by atoms with Gasteiger partial charge in [0.05, 0.1) is 7.11 Å².